The first-order valence-corrected chi connectivity index (χ1v) is 6.16. The molecule has 0 saturated carbocycles. The highest BCUT2D eigenvalue weighted by Gasteiger charge is 2.17. The first kappa shape index (κ1) is 13.5. The second-order valence-electron chi connectivity index (χ2n) is 4.68. The highest BCUT2D eigenvalue weighted by atomic mass is 15.2. The summed E-state index contributed by atoms with van der Waals surface area (Å²) in [7, 11) is 0. The highest BCUT2D eigenvalue weighted by Crippen LogP contribution is 2.23. The standard InChI is InChI=1S/C14H21N3/c1-6-7-17(10(2)3)14-13(9-15)11(4)8-12(5)16-14/h8,10H,6-7H2,1-5H3. The third kappa shape index (κ3) is 2.97. The lowest BCUT2D eigenvalue weighted by molar-refractivity contribution is 0.660. The molecule has 0 fully saturated rings. The predicted octanol–water partition coefficient (Wildman–Crippen LogP) is 3.19. The van der Waals surface area contributed by atoms with Crippen LogP contribution in [-0.2, 0) is 0 Å². The van der Waals surface area contributed by atoms with Crippen LogP contribution in [0.15, 0.2) is 6.07 Å². The number of pyridine rings is 1. The van der Waals surface area contributed by atoms with Crippen molar-refractivity contribution in [1.82, 2.24) is 4.98 Å². The maximum Gasteiger partial charge on any atom is 0.147 e. The second kappa shape index (κ2) is 5.67. The van der Waals surface area contributed by atoms with Crippen LogP contribution in [0.1, 0.15) is 44.0 Å². The average Bonchev–Trinajstić information content (AvgIpc) is 2.24. The Balaban J connectivity index is 3.31. The first-order valence-electron chi connectivity index (χ1n) is 6.16. The van der Waals surface area contributed by atoms with Gasteiger partial charge in [0.2, 0.25) is 0 Å². The number of rotatable bonds is 4. The van der Waals surface area contributed by atoms with Crippen molar-refractivity contribution in [3.63, 3.8) is 0 Å². The zero-order valence-corrected chi connectivity index (χ0v) is 11.4. The molecule has 1 aromatic rings. The molecular weight excluding hydrogens is 210 g/mol. The summed E-state index contributed by atoms with van der Waals surface area (Å²) in [5, 5.41) is 9.27. The number of nitriles is 1. The fourth-order valence-electron chi connectivity index (χ4n) is 2.01. The van der Waals surface area contributed by atoms with Crippen LogP contribution in [0.5, 0.6) is 0 Å². The topological polar surface area (TPSA) is 39.9 Å². The minimum Gasteiger partial charge on any atom is -0.353 e. The Labute approximate surface area is 104 Å². The minimum absolute atomic E-state index is 0.357. The van der Waals surface area contributed by atoms with Gasteiger partial charge in [-0.15, -0.1) is 0 Å². The van der Waals surface area contributed by atoms with Gasteiger partial charge in [-0.1, -0.05) is 6.92 Å². The lowest BCUT2D eigenvalue weighted by atomic mass is 10.1. The summed E-state index contributed by atoms with van der Waals surface area (Å²) in [6.45, 7) is 11.3. The van der Waals surface area contributed by atoms with Gasteiger partial charge in [0.05, 0.1) is 5.56 Å². The van der Waals surface area contributed by atoms with Crippen molar-refractivity contribution in [1.29, 1.82) is 5.26 Å². The van der Waals surface area contributed by atoms with Crippen LogP contribution in [0.25, 0.3) is 0 Å². The Morgan fingerprint density at radius 3 is 2.53 bits per heavy atom. The van der Waals surface area contributed by atoms with Gasteiger partial charge in [0.25, 0.3) is 0 Å². The molecule has 3 heteroatoms. The number of hydrogen-bond acceptors (Lipinski definition) is 3. The zero-order chi connectivity index (χ0) is 13.0. The second-order valence-corrected chi connectivity index (χ2v) is 4.68. The van der Waals surface area contributed by atoms with Gasteiger partial charge in [-0.05, 0) is 45.7 Å². The molecule has 0 radical (unpaired) electrons. The normalized spacial score (nSPS) is 10.4. The number of aryl methyl sites for hydroxylation is 2. The summed E-state index contributed by atoms with van der Waals surface area (Å²) < 4.78 is 0. The number of aromatic nitrogens is 1. The van der Waals surface area contributed by atoms with Crippen LogP contribution in [0.3, 0.4) is 0 Å². The molecule has 0 amide bonds. The van der Waals surface area contributed by atoms with E-state index in [2.05, 4.69) is 36.7 Å². The molecule has 0 N–H and O–H groups in total. The lowest BCUT2D eigenvalue weighted by Crippen LogP contribution is -2.33. The molecule has 92 valence electrons. The van der Waals surface area contributed by atoms with Crippen molar-refractivity contribution in [3.8, 4) is 6.07 Å². The summed E-state index contributed by atoms with van der Waals surface area (Å²) in [6.07, 6.45) is 1.05. The maximum atomic E-state index is 9.27. The molecule has 17 heavy (non-hydrogen) atoms. The summed E-state index contributed by atoms with van der Waals surface area (Å²) in [4.78, 5) is 6.76. The van der Waals surface area contributed by atoms with E-state index < -0.39 is 0 Å². The summed E-state index contributed by atoms with van der Waals surface area (Å²) in [5.74, 6) is 0.835. The van der Waals surface area contributed by atoms with Gasteiger partial charge in [0.15, 0.2) is 0 Å². The van der Waals surface area contributed by atoms with Crippen molar-refractivity contribution < 1.29 is 0 Å². The third-order valence-electron chi connectivity index (χ3n) is 2.80. The molecular formula is C14H21N3. The smallest absolute Gasteiger partial charge is 0.147 e. The van der Waals surface area contributed by atoms with Gasteiger partial charge >= 0.3 is 0 Å². The molecule has 0 bridgehead atoms. The quantitative estimate of drug-likeness (QED) is 0.799. The fraction of sp³-hybridized carbons (Fsp3) is 0.571. The van der Waals surface area contributed by atoms with Crippen molar-refractivity contribution >= 4 is 5.82 Å². The molecule has 0 aliphatic heterocycles. The van der Waals surface area contributed by atoms with Gasteiger partial charge in [-0.3, -0.25) is 0 Å². The summed E-state index contributed by atoms with van der Waals surface area (Å²) in [6, 6.07) is 4.60. The van der Waals surface area contributed by atoms with E-state index in [1.165, 1.54) is 0 Å². The molecule has 1 heterocycles. The Morgan fingerprint density at radius 2 is 2.06 bits per heavy atom. The molecule has 0 atom stereocenters. The SMILES string of the molecule is CCCN(c1nc(C)cc(C)c1C#N)C(C)C. The van der Waals surface area contributed by atoms with E-state index in [-0.39, 0.29) is 0 Å². The average molecular weight is 231 g/mol. The van der Waals surface area contributed by atoms with Gasteiger partial charge < -0.3 is 4.90 Å². The van der Waals surface area contributed by atoms with Gasteiger partial charge in [-0.25, -0.2) is 4.98 Å². The minimum atomic E-state index is 0.357. The Bertz CT molecular complexity index is 430. The van der Waals surface area contributed by atoms with Crippen LogP contribution in [0.2, 0.25) is 0 Å². The Morgan fingerprint density at radius 1 is 1.41 bits per heavy atom. The Kier molecular flexibility index (Phi) is 4.51. The molecule has 1 rings (SSSR count). The zero-order valence-electron chi connectivity index (χ0n) is 11.4. The number of hydrogen-bond donors (Lipinski definition) is 0. The predicted molar refractivity (Wildman–Crippen MR) is 71.2 cm³/mol. The number of nitrogens with zero attached hydrogens (tertiary/aromatic N) is 3. The van der Waals surface area contributed by atoms with Crippen LogP contribution in [-0.4, -0.2) is 17.6 Å². The van der Waals surface area contributed by atoms with Crippen molar-refractivity contribution in [2.24, 2.45) is 0 Å². The molecule has 0 saturated heterocycles. The van der Waals surface area contributed by atoms with Crippen molar-refractivity contribution in [2.45, 2.75) is 47.1 Å². The van der Waals surface area contributed by atoms with Crippen LogP contribution in [0, 0.1) is 25.2 Å². The molecule has 0 aromatic carbocycles. The van der Waals surface area contributed by atoms with Gasteiger partial charge in [0, 0.05) is 18.3 Å². The van der Waals surface area contributed by atoms with E-state index in [0.29, 0.717) is 11.6 Å². The fourth-order valence-corrected chi connectivity index (χ4v) is 2.01. The highest BCUT2D eigenvalue weighted by molar-refractivity contribution is 5.58. The molecule has 1 aromatic heterocycles. The van der Waals surface area contributed by atoms with Crippen molar-refractivity contribution in [3.05, 3.63) is 22.9 Å². The van der Waals surface area contributed by atoms with Crippen LogP contribution >= 0.6 is 0 Å². The summed E-state index contributed by atoms with van der Waals surface area (Å²) >= 11 is 0. The number of anilines is 1. The molecule has 0 aliphatic carbocycles. The van der Waals surface area contributed by atoms with E-state index >= 15 is 0 Å². The summed E-state index contributed by atoms with van der Waals surface area (Å²) in [5.41, 5.74) is 2.69. The largest absolute Gasteiger partial charge is 0.353 e. The van der Waals surface area contributed by atoms with Gasteiger partial charge in [-0.2, -0.15) is 5.26 Å². The molecule has 0 unspecified atom stereocenters. The van der Waals surface area contributed by atoms with E-state index in [4.69, 9.17) is 0 Å². The first-order chi connectivity index (χ1) is 8.01. The van der Waals surface area contributed by atoms with E-state index in [0.717, 1.165) is 30.0 Å². The van der Waals surface area contributed by atoms with E-state index in [1.807, 2.05) is 19.9 Å². The molecule has 0 aliphatic rings. The maximum absolute atomic E-state index is 9.27. The van der Waals surface area contributed by atoms with Crippen LogP contribution in [0.4, 0.5) is 5.82 Å². The monoisotopic (exact) mass is 231 g/mol. The van der Waals surface area contributed by atoms with Gasteiger partial charge in [0.1, 0.15) is 11.9 Å². The molecule has 3 nitrogen and oxygen atoms in total. The van der Waals surface area contributed by atoms with Crippen molar-refractivity contribution in [2.75, 3.05) is 11.4 Å². The lowest BCUT2D eigenvalue weighted by Gasteiger charge is -2.29. The van der Waals surface area contributed by atoms with Crippen LogP contribution < -0.4 is 4.90 Å². The Hall–Kier alpha value is -1.56. The van der Waals surface area contributed by atoms with E-state index in [9.17, 15) is 5.26 Å². The van der Waals surface area contributed by atoms with E-state index in [1.54, 1.807) is 0 Å². The molecule has 0 spiro atoms. The third-order valence-corrected chi connectivity index (χ3v) is 2.80.